The normalized spacial score (nSPS) is 15.4. The van der Waals surface area contributed by atoms with Gasteiger partial charge in [0.1, 0.15) is 5.75 Å². The Balaban J connectivity index is 0.000000193. The van der Waals surface area contributed by atoms with E-state index >= 15 is 0 Å². The summed E-state index contributed by atoms with van der Waals surface area (Å²) in [5, 5.41) is 18.3. The highest BCUT2D eigenvalue weighted by Gasteiger charge is 2.38. The first-order valence-electron chi connectivity index (χ1n) is 28.1. The van der Waals surface area contributed by atoms with Crippen molar-refractivity contribution >= 4 is 24.9 Å². The van der Waals surface area contributed by atoms with Gasteiger partial charge in [0.25, 0.3) is 0 Å². The largest absolute Gasteiger partial charge is 0.573 e. The molecule has 0 spiro atoms. The van der Waals surface area contributed by atoms with Crippen molar-refractivity contribution < 1.29 is 64.0 Å². The van der Waals surface area contributed by atoms with Crippen molar-refractivity contribution in [3.05, 3.63) is 136 Å². The number of aromatic nitrogens is 4. The molecule has 5 heterocycles. The van der Waals surface area contributed by atoms with E-state index in [4.69, 9.17) is 13.8 Å². The Morgan fingerprint density at radius 3 is 1.80 bits per heavy atom. The first-order valence-corrected chi connectivity index (χ1v) is 28.1. The first-order chi connectivity index (χ1) is 40.2. The van der Waals surface area contributed by atoms with Crippen molar-refractivity contribution in [2.45, 2.75) is 143 Å². The summed E-state index contributed by atoms with van der Waals surface area (Å²) in [6.45, 7) is 17.8. The maximum absolute atomic E-state index is 13.0. The Hall–Kier alpha value is -8.02. The summed E-state index contributed by atoms with van der Waals surface area (Å²) in [7, 11) is 0. The second-order valence-electron chi connectivity index (χ2n) is 20.5. The smallest absolute Gasteiger partial charge is 0.406 e. The van der Waals surface area contributed by atoms with Crippen LogP contribution in [0.2, 0.25) is 0 Å². The van der Waals surface area contributed by atoms with Crippen LogP contribution >= 0.6 is 0 Å². The minimum atomic E-state index is -4.78. The SMILES string of the molecule is CC.CC1(NC(=O)N2CCc3c(-c4cccc(OC(F)(F)F)c4)ccc(CNC=O)c3C2)COC1.CCCNC(=O)N1CCc2c(cccc2-c2cccc(C(F)(F)F)c2)C1.CCNC=O.Cc1noc(C2CC2)n1.Cc1noc(C2CC2)n1. The van der Waals surface area contributed by atoms with E-state index in [-0.39, 0.29) is 29.9 Å². The Morgan fingerprint density at radius 1 is 0.714 bits per heavy atom. The Morgan fingerprint density at radius 2 is 1.29 bits per heavy atom. The molecule has 0 unspecified atom stereocenters. The van der Waals surface area contributed by atoms with E-state index in [0.717, 1.165) is 81.4 Å². The maximum Gasteiger partial charge on any atom is 0.573 e. The highest BCUT2D eigenvalue weighted by Crippen LogP contribution is 2.40. The van der Waals surface area contributed by atoms with Gasteiger partial charge < -0.3 is 49.6 Å². The Bertz CT molecular complexity index is 3050. The Labute approximate surface area is 484 Å². The number of benzene rings is 4. The maximum atomic E-state index is 13.0. The predicted molar refractivity (Wildman–Crippen MR) is 301 cm³/mol. The van der Waals surface area contributed by atoms with Gasteiger partial charge in [-0.05, 0) is 147 Å². The van der Waals surface area contributed by atoms with Gasteiger partial charge in [0.2, 0.25) is 24.6 Å². The number of nitrogens with zero attached hydrogens (tertiary/aromatic N) is 6. The fourth-order valence-corrected chi connectivity index (χ4v) is 9.14. The summed E-state index contributed by atoms with van der Waals surface area (Å²) in [5.41, 5.74) is 6.34. The molecule has 0 radical (unpaired) electrons. The number of nitrogens with one attached hydrogen (secondary N) is 4. The molecule has 2 aliphatic carbocycles. The van der Waals surface area contributed by atoms with E-state index in [2.05, 4.69) is 46.3 Å². The van der Waals surface area contributed by atoms with E-state index < -0.39 is 18.1 Å². The van der Waals surface area contributed by atoms with Gasteiger partial charge in [0.05, 0.1) is 24.3 Å². The first kappa shape index (κ1) is 65.1. The number of amides is 6. The van der Waals surface area contributed by atoms with Crippen molar-refractivity contribution in [1.82, 2.24) is 51.3 Å². The predicted octanol–water partition coefficient (Wildman–Crippen LogP) is 11.5. The van der Waals surface area contributed by atoms with Gasteiger partial charge in [-0.15, -0.1) is 13.2 Å². The molecule has 3 fully saturated rings. The van der Waals surface area contributed by atoms with Crippen molar-refractivity contribution in [3.63, 3.8) is 0 Å². The highest BCUT2D eigenvalue weighted by atomic mass is 19.4. The van der Waals surface area contributed by atoms with Crippen molar-refractivity contribution in [2.24, 2.45) is 0 Å². The highest BCUT2D eigenvalue weighted by molar-refractivity contribution is 5.78. The van der Waals surface area contributed by atoms with Crippen molar-refractivity contribution in [3.8, 4) is 28.0 Å². The van der Waals surface area contributed by atoms with Crippen LogP contribution in [0.25, 0.3) is 22.3 Å². The molecule has 454 valence electrons. The molecule has 0 bridgehead atoms. The molecule has 18 nitrogen and oxygen atoms in total. The molecule has 6 aromatic rings. The number of aryl methyl sites for hydroxylation is 2. The lowest BCUT2D eigenvalue weighted by atomic mass is 9.87. The molecule has 24 heteroatoms. The zero-order chi connectivity index (χ0) is 61.0. The summed E-state index contributed by atoms with van der Waals surface area (Å²) >= 11 is 0. The number of ether oxygens (including phenoxy) is 2. The lowest BCUT2D eigenvalue weighted by molar-refractivity contribution is -0.274. The number of alkyl halides is 6. The summed E-state index contributed by atoms with van der Waals surface area (Å²) in [6.07, 6.45) is -0.950. The van der Waals surface area contributed by atoms with E-state index in [1.165, 1.54) is 56.0 Å². The van der Waals surface area contributed by atoms with Gasteiger partial charge in [-0.2, -0.15) is 23.1 Å². The second-order valence-corrected chi connectivity index (χ2v) is 20.5. The number of fused-ring (bicyclic) bond motifs is 2. The van der Waals surface area contributed by atoms with Crippen LogP contribution in [0.3, 0.4) is 0 Å². The fourth-order valence-electron chi connectivity index (χ4n) is 9.14. The van der Waals surface area contributed by atoms with Gasteiger partial charge in [0, 0.05) is 57.6 Å². The van der Waals surface area contributed by atoms with Gasteiger partial charge in [-0.25, -0.2) is 9.59 Å². The lowest BCUT2D eigenvalue weighted by Crippen LogP contribution is -2.62. The standard InChI is InChI=1S/C23H24F3N3O4.C20H21F3N2O.2C6H8N2O.C3H7NO.C2H6/c1-22(12-32-13-22)28-21(31)29-8-7-19-18(6-5-16(10-27-14-30)20(19)11-29)15-3-2-4-17(9-15)33-23(24,25)26;1-2-10-24-19(26)25-11-9-18-15(13-25)6-4-8-17(18)14-5-3-7-16(12-14)20(21,22)23;2*1-4-7-6(9-8-4)5-2-3-5;1-2-4-3-5;1-2/h2-6,9,14H,7-8,10-13H2,1H3,(H,27,30)(H,28,31);3-8,12H,2,9-11,13H2,1H3,(H,24,26);2*5H,2-3H2,1H3;3H,2H2,1H3,(H,4,5);1-2H3. The zero-order valence-corrected chi connectivity index (χ0v) is 48.3. The van der Waals surface area contributed by atoms with Crippen LogP contribution in [-0.4, -0.2) is 106 Å². The molecule has 2 aromatic heterocycles. The van der Waals surface area contributed by atoms with E-state index in [9.17, 15) is 45.5 Å². The quantitative estimate of drug-likeness (QED) is 0.0627. The van der Waals surface area contributed by atoms with E-state index in [1.54, 1.807) is 21.9 Å². The van der Waals surface area contributed by atoms with Crippen LogP contribution in [0, 0.1) is 13.8 Å². The average molecular weight is 1180 g/mol. The summed E-state index contributed by atoms with van der Waals surface area (Å²) in [5.74, 6) is 4.03. The van der Waals surface area contributed by atoms with Gasteiger partial charge in [-0.1, -0.05) is 85.7 Å². The molecule has 0 atom stereocenters. The van der Waals surface area contributed by atoms with Crippen LogP contribution < -0.4 is 26.0 Å². The number of hydrogen-bond donors (Lipinski definition) is 4. The monoisotopic (exact) mass is 1180 g/mol. The topological polar surface area (TPSA) is 219 Å². The van der Waals surface area contributed by atoms with E-state index in [0.29, 0.717) is 94.6 Å². The summed E-state index contributed by atoms with van der Waals surface area (Å²) in [4.78, 5) is 56.8. The molecule has 3 aliphatic heterocycles. The van der Waals surface area contributed by atoms with Crippen LogP contribution in [-0.2, 0) is 53.0 Å². The minimum absolute atomic E-state index is 0.0954. The van der Waals surface area contributed by atoms with Crippen molar-refractivity contribution in [2.75, 3.05) is 39.4 Å². The number of urea groups is 2. The number of hydrogen-bond acceptors (Lipinski definition) is 12. The second kappa shape index (κ2) is 30.5. The van der Waals surface area contributed by atoms with Gasteiger partial charge in [0.15, 0.2) is 11.6 Å². The van der Waals surface area contributed by atoms with Gasteiger partial charge in [-0.3, -0.25) is 9.59 Å². The van der Waals surface area contributed by atoms with Crippen LogP contribution in [0.15, 0.2) is 87.9 Å². The molecule has 11 rings (SSSR count). The molecule has 5 aliphatic rings. The average Bonchev–Trinajstić information content (AvgIpc) is 4.39. The molecule has 4 N–H and O–H groups in total. The van der Waals surface area contributed by atoms with Crippen molar-refractivity contribution in [1.29, 1.82) is 0 Å². The number of carbonyl (C=O) groups is 4. The Kier molecular flexibility index (Phi) is 23.7. The summed E-state index contributed by atoms with van der Waals surface area (Å²) < 4.78 is 96.2. The van der Waals surface area contributed by atoms with Gasteiger partial charge >= 0.3 is 24.6 Å². The fraction of sp³-hybridized carbons (Fsp3) is 0.467. The third kappa shape index (κ3) is 19.3. The molecule has 1 saturated heterocycles. The third-order valence-electron chi connectivity index (χ3n) is 13.6. The minimum Gasteiger partial charge on any atom is -0.406 e. The molecule has 6 amide bonds. The van der Waals surface area contributed by atoms with Crippen LogP contribution in [0.5, 0.6) is 5.75 Å². The van der Waals surface area contributed by atoms with E-state index in [1.807, 2.05) is 78.8 Å². The summed E-state index contributed by atoms with van der Waals surface area (Å²) in [6, 6.07) is 20.2. The molecule has 84 heavy (non-hydrogen) atoms. The number of halogens is 6. The van der Waals surface area contributed by atoms with Crippen LogP contribution in [0.1, 0.15) is 135 Å². The number of rotatable bonds is 13. The third-order valence-corrected chi connectivity index (χ3v) is 13.6. The molecular weight excluding hydrogens is 1100 g/mol. The molecule has 2 saturated carbocycles. The number of carbonyl (C=O) groups excluding carboxylic acids is 4. The molecular formula is C60H74F6N10O8. The molecule has 4 aromatic carbocycles. The zero-order valence-electron chi connectivity index (χ0n) is 48.3. The van der Waals surface area contributed by atoms with Crippen LogP contribution in [0.4, 0.5) is 35.9 Å². The lowest BCUT2D eigenvalue weighted by Gasteiger charge is -2.41.